The standard InChI is InChI=1S/C15H18F3NO4/c1-15(2,3)23-14(20)19(4)10-7-21-11-6-8(22-13(17)18)5-9(16)12(10)11/h5-6,10,13H,7H2,1-4H3/t10-/m1/s1. The summed E-state index contributed by atoms with van der Waals surface area (Å²) in [6.45, 7) is 2.08. The van der Waals surface area contributed by atoms with E-state index in [0.29, 0.717) is 0 Å². The zero-order valence-corrected chi connectivity index (χ0v) is 13.2. The molecule has 1 heterocycles. The summed E-state index contributed by atoms with van der Waals surface area (Å²) in [5, 5.41) is 0. The number of rotatable bonds is 3. The molecule has 0 bridgehead atoms. The molecule has 1 amide bonds. The number of hydrogen-bond donors (Lipinski definition) is 0. The van der Waals surface area contributed by atoms with E-state index in [-0.39, 0.29) is 23.7 Å². The molecule has 8 heteroatoms. The number of halogens is 3. The Kier molecular flexibility index (Phi) is 4.63. The zero-order chi connectivity index (χ0) is 17.4. The lowest BCUT2D eigenvalue weighted by molar-refractivity contribution is -0.0500. The first kappa shape index (κ1) is 17.2. The molecule has 5 nitrogen and oxygen atoms in total. The highest BCUT2D eigenvalue weighted by Gasteiger charge is 2.35. The summed E-state index contributed by atoms with van der Waals surface area (Å²) in [7, 11) is 1.46. The van der Waals surface area contributed by atoms with E-state index in [4.69, 9.17) is 9.47 Å². The quantitative estimate of drug-likeness (QED) is 0.846. The maximum Gasteiger partial charge on any atom is 0.410 e. The number of hydrogen-bond acceptors (Lipinski definition) is 4. The third-order valence-corrected chi connectivity index (χ3v) is 3.17. The first-order valence-corrected chi connectivity index (χ1v) is 6.95. The van der Waals surface area contributed by atoms with Crippen LogP contribution in [0.5, 0.6) is 11.5 Å². The average Bonchev–Trinajstić information content (AvgIpc) is 2.79. The predicted molar refractivity (Wildman–Crippen MR) is 75.3 cm³/mol. The third-order valence-electron chi connectivity index (χ3n) is 3.17. The number of ether oxygens (including phenoxy) is 3. The molecule has 23 heavy (non-hydrogen) atoms. The number of alkyl halides is 2. The van der Waals surface area contributed by atoms with Crippen molar-refractivity contribution in [1.29, 1.82) is 0 Å². The van der Waals surface area contributed by atoms with Gasteiger partial charge in [-0.2, -0.15) is 8.78 Å². The van der Waals surface area contributed by atoms with Gasteiger partial charge in [-0.15, -0.1) is 0 Å². The molecule has 0 saturated carbocycles. The van der Waals surface area contributed by atoms with Crippen molar-refractivity contribution in [2.75, 3.05) is 13.7 Å². The van der Waals surface area contributed by atoms with E-state index in [0.717, 1.165) is 6.07 Å². The molecule has 1 aromatic carbocycles. The highest BCUT2D eigenvalue weighted by molar-refractivity contribution is 5.69. The maximum atomic E-state index is 14.2. The summed E-state index contributed by atoms with van der Waals surface area (Å²) in [5.74, 6) is -1.05. The van der Waals surface area contributed by atoms with E-state index in [9.17, 15) is 18.0 Å². The van der Waals surface area contributed by atoms with Crippen molar-refractivity contribution >= 4 is 6.09 Å². The van der Waals surface area contributed by atoms with Crippen molar-refractivity contribution in [3.63, 3.8) is 0 Å². The Morgan fingerprint density at radius 3 is 2.61 bits per heavy atom. The highest BCUT2D eigenvalue weighted by Crippen LogP contribution is 2.40. The summed E-state index contributed by atoms with van der Waals surface area (Å²) in [6.07, 6.45) is -0.633. The topological polar surface area (TPSA) is 48.0 Å². The van der Waals surface area contributed by atoms with Crippen LogP contribution in [0.25, 0.3) is 0 Å². The lowest BCUT2D eigenvalue weighted by atomic mass is 10.1. The molecule has 1 aliphatic rings. The summed E-state index contributed by atoms with van der Waals surface area (Å²) < 4.78 is 53.4. The van der Waals surface area contributed by atoms with Crippen molar-refractivity contribution in [1.82, 2.24) is 4.90 Å². The molecular formula is C15H18F3NO4. The van der Waals surface area contributed by atoms with Crippen LogP contribution in [0, 0.1) is 5.82 Å². The van der Waals surface area contributed by atoms with Crippen molar-refractivity contribution in [3.05, 3.63) is 23.5 Å². The van der Waals surface area contributed by atoms with Gasteiger partial charge in [0, 0.05) is 19.2 Å². The molecule has 0 unspecified atom stereocenters. The van der Waals surface area contributed by atoms with Crippen LogP contribution in [0.4, 0.5) is 18.0 Å². The van der Waals surface area contributed by atoms with Crippen LogP contribution in [0.3, 0.4) is 0 Å². The van der Waals surface area contributed by atoms with E-state index in [1.165, 1.54) is 18.0 Å². The molecule has 0 aliphatic carbocycles. The Morgan fingerprint density at radius 2 is 2.04 bits per heavy atom. The van der Waals surface area contributed by atoms with E-state index in [2.05, 4.69) is 4.74 Å². The predicted octanol–water partition coefficient (Wildman–Crippen LogP) is 3.73. The normalized spacial score (nSPS) is 16.8. The molecular weight excluding hydrogens is 315 g/mol. The molecule has 0 aromatic heterocycles. The van der Waals surface area contributed by atoms with Gasteiger partial charge < -0.3 is 19.1 Å². The molecule has 1 atom stereocenters. The van der Waals surface area contributed by atoms with Crippen LogP contribution >= 0.6 is 0 Å². The summed E-state index contributed by atoms with van der Waals surface area (Å²) >= 11 is 0. The SMILES string of the molecule is CN(C(=O)OC(C)(C)C)[C@@H]1COc2cc(OC(F)F)cc(F)c21. The number of carbonyl (C=O) groups is 1. The minimum Gasteiger partial charge on any atom is -0.490 e. The second-order valence-electron chi connectivity index (χ2n) is 6.11. The largest absolute Gasteiger partial charge is 0.490 e. The molecule has 2 rings (SSSR count). The van der Waals surface area contributed by atoms with Gasteiger partial charge in [0.15, 0.2) is 0 Å². The van der Waals surface area contributed by atoms with Gasteiger partial charge >= 0.3 is 12.7 Å². The van der Waals surface area contributed by atoms with Crippen molar-refractivity contribution in [3.8, 4) is 11.5 Å². The summed E-state index contributed by atoms with van der Waals surface area (Å²) in [5.41, 5.74) is -0.582. The van der Waals surface area contributed by atoms with Crippen LogP contribution in [-0.2, 0) is 4.74 Å². The van der Waals surface area contributed by atoms with Gasteiger partial charge in [0.1, 0.15) is 35.6 Å². The molecule has 0 radical (unpaired) electrons. The molecule has 0 fully saturated rings. The molecule has 0 saturated heterocycles. The number of amides is 1. The Balaban J connectivity index is 2.23. The van der Waals surface area contributed by atoms with Crippen LogP contribution < -0.4 is 9.47 Å². The number of benzene rings is 1. The fourth-order valence-corrected chi connectivity index (χ4v) is 2.20. The summed E-state index contributed by atoms with van der Waals surface area (Å²) in [6, 6.07) is 1.31. The molecule has 128 valence electrons. The Labute approximate surface area is 131 Å². The van der Waals surface area contributed by atoms with Crippen molar-refractivity contribution in [2.24, 2.45) is 0 Å². The van der Waals surface area contributed by atoms with E-state index < -0.39 is 30.2 Å². The second kappa shape index (κ2) is 6.17. The van der Waals surface area contributed by atoms with Gasteiger partial charge in [-0.3, -0.25) is 0 Å². The molecule has 1 aliphatic heterocycles. The Morgan fingerprint density at radius 1 is 1.39 bits per heavy atom. The molecule has 0 spiro atoms. The maximum absolute atomic E-state index is 14.2. The Bertz CT molecular complexity index is 601. The fourth-order valence-electron chi connectivity index (χ4n) is 2.20. The lowest BCUT2D eigenvalue weighted by Crippen LogP contribution is -2.37. The first-order chi connectivity index (χ1) is 10.6. The van der Waals surface area contributed by atoms with Crippen molar-refractivity contribution < 1.29 is 32.2 Å². The van der Waals surface area contributed by atoms with Gasteiger partial charge in [0.05, 0.1) is 5.56 Å². The van der Waals surface area contributed by atoms with E-state index >= 15 is 0 Å². The van der Waals surface area contributed by atoms with Crippen LogP contribution in [0.2, 0.25) is 0 Å². The summed E-state index contributed by atoms with van der Waals surface area (Å²) in [4.78, 5) is 13.3. The van der Waals surface area contributed by atoms with Gasteiger partial charge in [-0.05, 0) is 20.8 Å². The van der Waals surface area contributed by atoms with Gasteiger partial charge in [-0.1, -0.05) is 0 Å². The average molecular weight is 333 g/mol. The molecule has 1 aromatic rings. The second-order valence-corrected chi connectivity index (χ2v) is 6.11. The van der Waals surface area contributed by atoms with Gasteiger partial charge in [0.25, 0.3) is 0 Å². The minimum atomic E-state index is -3.06. The minimum absolute atomic E-state index is 0.000127. The number of carbonyl (C=O) groups excluding carboxylic acids is 1. The number of likely N-dealkylation sites (N-methyl/N-ethyl adjacent to an activating group) is 1. The smallest absolute Gasteiger partial charge is 0.410 e. The number of fused-ring (bicyclic) bond motifs is 1. The van der Waals surface area contributed by atoms with Crippen LogP contribution in [-0.4, -0.2) is 36.9 Å². The zero-order valence-electron chi connectivity index (χ0n) is 13.2. The lowest BCUT2D eigenvalue weighted by Gasteiger charge is -2.28. The Hall–Kier alpha value is -2.12. The number of nitrogens with zero attached hydrogens (tertiary/aromatic N) is 1. The highest BCUT2D eigenvalue weighted by atomic mass is 19.3. The van der Waals surface area contributed by atoms with Gasteiger partial charge in [0.2, 0.25) is 0 Å². The fraction of sp³-hybridized carbons (Fsp3) is 0.533. The van der Waals surface area contributed by atoms with E-state index in [1.54, 1.807) is 20.8 Å². The van der Waals surface area contributed by atoms with E-state index in [1.807, 2.05) is 0 Å². The van der Waals surface area contributed by atoms with Crippen LogP contribution in [0.15, 0.2) is 12.1 Å². The first-order valence-electron chi connectivity index (χ1n) is 6.95. The monoisotopic (exact) mass is 333 g/mol. The van der Waals surface area contributed by atoms with Crippen LogP contribution in [0.1, 0.15) is 32.4 Å². The van der Waals surface area contributed by atoms with Gasteiger partial charge in [-0.25, -0.2) is 9.18 Å². The molecule has 0 N–H and O–H groups in total. The van der Waals surface area contributed by atoms with Crippen molar-refractivity contribution in [2.45, 2.75) is 39.0 Å². The third kappa shape index (κ3) is 4.00.